The Morgan fingerprint density at radius 1 is 0.640 bits per heavy atom. The average Bonchev–Trinajstić information content (AvgIpc) is 2.39. The van der Waals surface area contributed by atoms with Crippen LogP contribution in [0.25, 0.3) is 106 Å². The summed E-state index contributed by atoms with van der Waals surface area (Å²) in [6.45, 7) is 5.35. The van der Waals surface area contributed by atoms with Crippen molar-refractivity contribution in [3.8, 4) is 73.0 Å². The third kappa shape index (κ3) is 9.97. The predicted molar refractivity (Wildman–Crippen MR) is 307 cm³/mol. The number of aryl methyl sites for hydroxylation is 2. The third-order valence-corrected chi connectivity index (χ3v) is 15.3. The van der Waals surface area contributed by atoms with Gasteiger partial charge in [-0.2, -0.15) is 0 Å². The van der Waals surface area contributed by atoms with Crippen molar-refractivity contribution in [1.82, 2.24) is 19.5 Å². The zero-order valence-corrected chi connectivity index (χ0v) is 45.4. The molecule has 0 aliphatic carbocycles. The van der Waals surface area contributed by atoms with Gasteiger partial charge in [0.05, 0.1) is 36.2 Å². The molecule has 0 saturated heterocycles. The molecule has 12 aromatic rings. The van der Waals surface area contributed by atoms with Gasteiger partial charge in [-0.1, -0.05) is 189 Å². The van der Waals surface area contributed by atoms with E-state index in [0.717, 1.165) is 72.3 Å². The fourth-order valence-electron chi connectivity index (χ4n) is 9.69. The van der Waals surface area contributed by atoms with Gasteiger partial charge in [-0.15, -0.1) is 42.0 Å². The van der Waals surface area contributed by atoms with E-state index in [2.05, 4.69) is 89.9 Å². The Kier molecular flexibility index (Phi) is 12.0. The first-order valence-electron chi connectivity index (χ1n) is 28.0. The van der Waals surface area contributed by atoms with Crippen LogP contribution in [0, 0.1) is 31.7 Å². The van der Waals surface area contributed by atoms with Crippen LogP contribution < -0.4 is 5.19 Å². The van der Waals surface area contributed by atoms with E-state index in [0.29, 0.717) is 22.4 Å². The molecule has 75 heavy (non-hydrogen) atoms. The van der Waals surface area contributed by atoms with Gasteiger partial charge in [0.2, 0.25) is 5.71 Å². The molecule has 0 saturated carbocycles. The first-order valence-corrected chi connectivity index (χ1v) is 28.0. The van der Waals surface area contributed by atoms with Crippen molar-refractivity contribution >= 4 is 46.4 Å². The molecule has 0 aliphatic heterocycles. The van der Waals surface area contributed by atoms with E-state index in [9.17, 15) is 4.39 Å². The number of hydrogen-bond acceptors (Lipinski definition) is 4. The summed E-state index contributed by atoms with van der Waals surface area (Å²) in [5.41, 5.74) is 12.4. The summed E-state index contributed by atoms with van der Waals surface area (Å²) < 4.78 is 80.3. The molecular weight excluding hydrogens is 1120 g/mol. The number of rotatable bonds is 9. The minimum absolute atomic E-state index is 0. The first kappa shape index (κ1) is 42.5. The molecule has 5 nitrogen and oxygen atoms in total. The van der Waals surface area contributed by atoms with E-state index in [4.69, 9.17) is 24.0 Å². The van der Waals surface area contributed by atoms with Crippen LogP contribution in [0.3, 0.4) is 0 Å². The second-order valence-corrected chi connectivity index (χ2v) is 24.6. The first-order chi connectivity index (χ1) is 38.6. The van der Waals surface area contributed by atoms with Crippen LogP contribution in [0.2, 0.25) is 19.6 Å². The van der Waals surface area contributed by atoms with Crippen molar-refractivity contribution in [1.29, 1.82) is 0 Å². The van der Waals surface area contributed by atoms with E-state index in [-0.39, 0.29) is 54.0 Å². The number of aromatic nitrogens is 4. The van der Waals surface area contributed by atoms with Gasteiger partial charge in [-0.3, -0.25) is 9.37 Å². The molecule has 0 aliphatic rings. The normalized spacial score (nSPS) is 13.3. The van der Waals surface area contributed by atoms with E-state index in [1.54, 1.807) is 12.1 Å². The van der Waals surface area contributed by atoms with Gasteiger partial charge in [0, 0.05) is 63.9 Å². The van der Waals surface area contributed by atoms with Gasteiger partial charge < -0.3 is 14.0 Å². The Hall–Kier alpha value is -7.87. The molecule has 4 heterocycles. The third-order valence-electron chi connectivity index (χ3n) is 13.3. The van der Waals surface area contributed by atoms with Gasteiger partial charge >= 0.3 is 0 Å². The van der Waals surface area contributed by atoms with Gasteiger partial charge in [0.1, 0.15) is 0 Å². The van der Waals surface area contributed by atoms with E-state index in [1.165, 1.54) is 35.5 Å². The molecule has 0 amide bonds. The zero-order valence-electron chi connectivity index (χ0n) is 49.0. The smallest absolute Gasteiger partial charge is 0.216 e. The molecule has 8 heteroatoms. The molecule has 12 rings (SSSR count). The summed E-state index contributed by atoms with van der Waals surface area (Å²) in [6.07, 6.45) is 1.89. The Morgan fingerprint density at radius 3 is 1.96 bits per heavy atom. The van der Waals surface area contributed by atoms with Gasteiger partial charge in [-0.25, -0.2) is 4.98 Å². The monoisotopic (exact) mass is 1180 g/mol. The minimum Gasteiger partial charge on any atom is -0.486 e. The van der Waals surface area contributed by atoms with Crippen LogP contribution in [0.5, 0.6) is 0 Å². The number of para-hydroxylation sites is 2. The maximum atomic E-state index is 13.0. The van der Waals surface area contributed by atoms with E-state index in [1.807, 2.05) is 123 Å². The van der Waals surface area contributed by atoms with Crippen molar-refractivity contribution in [2.45, 2.75) is 53.1 Å². The van der Waals surface area contributed by atoms with Crippen LogP contribution in [0.1, 0.15) is 46.0 Å². The Morgan fingerprint density at radius 2 is 1.31 bits per heavy atom. The fraction of sp³-hybridized carbons (Fsp3) is 0.119. The quantitative estimate of drug-likeness (QED) is 0.107. The van der Waals surface area contributed by atoms with Gasteiger partial charge in [-0.05, 0) is 100 Å². The molecule has 371 valence electrons. The molecule has 0 spiro atoms. The summed E-state index contributed by atoms with van der Waals surface area (Å²) in [5, 5.41) is 2.64. The molecular formula is C67H55FIrN4OSi-2. The summed E-state index contributed by atoms with van der Waals surface area (Å²) in [7, 11) is -1.57. The Balaban J connectivity index is 0.000000289. The van der Waals surface area contributed by atoms with Crippen molar-refractivity contribution in [3.63, 3.8) is 0 Å². The molecule has 0 bridgehead atoms. The molecule has 8 aromatic carbocycles. The molecule has 0 fully saturated rings. The van der Waals surface area contributed by atoms with Crippen LogP contribution in [-0.4, -0.2) is 27.6 Å². The summed E-state index contributed by atoms with van der Waals surface area (Å²) in [4.78, 5) is 14.7. The largest absolute Gasteiger partial charge is 0.486 e. The second-order valence-electron chi connectivity index (χ2n) is 19.5. The second kappa shape index (κ2) is 21.2. The number of pyridine rings is 2. The molecule has 1 radical (unpaired) electrons. The van der Waals surface area contributed by atoms with Crippen LogP contribution in [-0.2, 0) is 20.1 Å². The Labute approximate surface area is 463 Å². The predicted octanol–water partition coefficient (Wildman–Crippen LogP) is 17.4. The molecule has 0 atom stereocenters. The van der Waals surface area contributed by atoms with Crippen molar-refractivity contribution < 1.29 is 38.5 Å². The van der Waals surface area contributed by atoms with Gasteiger partial charge in [0.15, 0.2) is 0 Å². The Bertz CT molecular complexity index is 4260. The average molecular weight is 1180 g/mol. The number of fused-ring (bicyclic) bond motifs is 4. The van der Waals surface area contributed by atoms with Crippen molar-refractivity contribution in [3.05, 3.63) is 235 Å². The van der Waals surface area contributed by atoms with E-state index < -0.39 is 27.7 Å². The molecule has 0 N–H and O–H groups in total. The van der Waals surface area contributed by atoms with Gasteiger partial charge in [0.25, 0.3) is 0 Å². The maximum Gasteiger partial charge on any atom is 0.216 e. The summed E-state index contributed by atoms with van der Waals surface area (Å²) >= 11 is 0. The number of imidazole rings is 1. The number of furan rings is 1. The van der Waals surface area contributed by atoms with Crippen LogP contribution >= 0.6 is 0 Å². The SMILES string of the molecule is [2H]C(C)(C)c1cc(-c2[c-]cc(F)cc2)ncc1[Si](C)(C)C.[2H]C([2H])([2H])c1cccc(C([2H])([2H])[2H])c1-c1ccc2c(n1)oc1c(-c3nc4ccccc4n3-c3ccc(-c4ccccc4)cc3-c3ccccc3)[c-]cc(-c3ccccc3)c12.[Ir]. The number of hydrogen-bond donors (Lipinski definition) is 0. The summed E-state index contributed by atoms with van der Waals surface area (Å²) in [5.74, 6) is -0.395. The molecule has 4 aromatic heterocycles. The number of benzene rings is 8. The number of halogens is 1. The van der Waals surface area contributed by atoms with Crippen LogP contribution in [0.15, 0.2) is 205 Å². The summed E-state index contributed by atoms with van der Waals surface area (Å²) in [6, 6.07) is 67.7. The fourth-order valence-corrected chi connectivity index (χ4v) is 11.3. The van der Waals surface area contributed by atoms with E-state index >= 15 is 0 Å². The maximum absolute atomic E-state index is 13.0. The number of nitrogens with zero attached hydrogens (tertiary/aromatic N) is 4. The zero-order chi connectivity index (χ0) is 57.0. The van der Waals surface area contributed by atoms with Crippen LogP contribution in [0.4, 0.5) is 4.39 Å². The standard InChI is InChI=1S/C50H34N3O.C17H21FNSi.Ir/c1-32-15-14-16-33(2)46(32)43-29-28-39-47-38(35-19-8-4-9-20-35)26-27-40(48(47)54-50(39)52-43)49-51-42-23-12-13-24-45(42)53(49)44-30-25-37(34-17-6-3-7-18-34)31-41(44)36-21-10-5-11-22-36;1-12(2)15-10-16(13-6-8-14(18)9-7-13)19-11-17(15)20(3,4)5;/h3-26,28-31H,1-2H3;6,8-12H,1-5H3;/q2*-1;/i1D3,2D3;12D;. The topological polar surface area (TPSA) is 56.7 Å². The molecule has 0 unspecified atom stereocenters. The van der Waals surface area contributed by atoms with Crippen molar-refractivity contribution in [2.75, 3.05) is 0 Å². The minimum atomic E-state index is -2.60. The van der Waals surface area contributed by atoms with Crippen molar-refractivity contribution in [2.24, 2.45) is 0 Å².